The van der Waals surface area contributed by atoms with E-state index in [-0.39, 0.29) is 0 Å². The second-order valence-electron chi connectivity index (χ2n) is 4.55. The molecule has 0 unspecified atom stereocenters. The van der Waals surface area contributed by atoms with E-state index in [0.717, 1.165) is 31.9 Å². The first kappa shape index (κ1) is 11.4. The first-order chi connectivity index (χ1) is 7.75. The summed E-state index contributed by atoms with van der Waals surface area (Å²) in [5.74, 6) is 0.801. The number of rotatable bonds is 5. The van der Waals surface area contributed by atoms with Crippen molar-refractivity contribution in [2.24, 2.45) is 0 Å². The standard InChI is InChI=1S/C11H20N4O/c1-9(2)12-6-5-10-13-11(16-14-10)15-7-3-4-8-15/h9,12H,3-8H2,1-2H3. The summed E-state index contributed by atoms with van der Waals surface area (Å²) in [6.45, 7) is 7.26. The highest BCUT2D eigenvalue weighted by molar-refractivity contribution is 5.26. The van der Waals surface area contributed by atoms with Crippen LogP contribution >= 0.6 is 0 Å². The van der Waals surface area contributed by atoms with Gasteiger partial charge in [-0.3, -0.25) is 0 Å². The average Bonchev–Trinajstić information content (AvgIpc) is 2.85. The molecule has 1 aliphatic heterocycles. The van der Waals surface area contributed by atoms with E-state index in [1.165, 1.54) is 12.8 Å². The van der Waals surface area contributed by atoms with Crippen LogP contribution in [0.5, 0.6) is 0 Å². The highest BCUT2D eigenvalue weighted by Gasteiger charge is 2.18. The topological polar surface area (TPSA) is 54.2 Å². The van der Waals surface area contributed by atoms with Gasteiger partial charge in [-0.05, 0) is 12.8 Å². The Morgan fingerprint density at radius 2 is 2.12 bits per heavy atom. The van der Waals surface area contributed by atoms with Crippen molar-refractivity contribution in [2.45, 2.75) is 39.2 Å². The Hall–Kier alpha value is -1.10. The molecule has 2 heterocycles. The van der Waals surface area contributed by atoms with Crippen molar-refractivity contribution in [3.63, 3.8) is 0 Å². The average molecular weight is 224 g/mol. The number of hydrogen-bond donors (Lipinski definition) is 1. The van der Waals surface area contributed by atoms with Gasteiger partial charge in [0.1, 0.15) is 0 Å². The molecular formula is C11H20N4O. The van der Waals surface area contributed by atoms with Gasteiger partial charge >= 0.3 is 6.01 Å². The largest absolute Gasteiger partial charge is 0.324 e. The van der Waals surface area contributed by atoms with Gasteiger partial charge in [0.2, 0.25) is 0 Å². The van der Waals surface area contributed by atoms with Crippen LogP contribution in [0.15, 0.2) is 4.52 Å². The van der Waals surface area contributed by atoms with E-state index in [4.69, 9.17) is 4.52 Å². The van der Waals surface area contributed by atoms with E-state index in [2.05, 4.69) is 34.2 Å². The van der Waals surface area contributed by atoms with Crippen molar-refractivity contribution in [3.8, 4) is 0 Å². The summed E-state index contributed by atoms with van der Waals surface area (Å²) >= 11 is 0. The van der Waals surface area contributed by atoms with Crippen LogP contribution in [0.1, 0.15) is 32.5 Å². The zero-order valence-corrected chi connectivity index (χ0v) is 10.1. The smallest absolute Gasteiger partial charge is 0.324 e. The maximum Gasteiger partial charge on any atom is 0.324 e. The summed E-state index contributed by atoms with van der Waals surface area (Å²) in [4.78, 5) is 6.56. The molecular weight excluding hydrogens is 204 g/mol. The minimum Gasteiger partial charge on any atom is -0.324 e. The third kappa shape index (κ3) is 2.95. The number of aromatic nitrogens is 2. The molecule has 0 spiro atoms. The lowest BCUT2D eigenvalue weighted by molar-refractivity contribution is 0.409. The molecule has 1 fully saturated rings. The Balaban J connectivity index is 1.82. The van der Waals surface area contributed by atoms with Crippen molar-refractivity contribution in [1.82, 2.24) is 15.5 Å². The highest BCUT2D eigenvalue weighted by atomic mass is 16.5. The van der Waals surface area contributed by atoms with Crippen LogP contribution in [-0.4, -0.2) is 35.8 Å². The minimum absolute atomic E-state index is 0.505. The van der Waals surface area contributed by atoms with Crippen molar-refractivity contribution in [3.05, 3.63) is 5.82 Å². The SMILES string of the molecule is CC(C)NCCc1noc(N2CCCC2)n1. The predicted molar refractivity (Wildman–Crippen MR) is 62.6 cm³/mol. The van der Waals surface area contributed by atoms with Crippen molar-refractivity contribution in [1.29, 1.82) is 0 Å². The van der Waals surface area contributed by atoms with Gasteiger partial charge in [0.25, 0.3) is 0 Å². The molecule has 0 atom stereocenters. The van der Waals surface area contributed by atoms with E-state index in [1.54, 1.807) is 0 Å². The molecule has 0 saturated carbocycles. The molecule has 0 aliphatic carbocycles. The van der Waals surface area contributed by atoms with Gasteiger partial charge in [0.05, 0.1) is 0 Å². The fraction of sp³-hybridized carbons (Fsp3) is 0.818. The lowest BCUT2D eigenvalue weighted by Crippen LogP contribution is -2.25. The Morgan fingerprint density at radius 3 is 2.81 bits per heavy atom. The quantitative estimate of drug-likeness (QED) is 0.814. The molecule has 1 saturated heterocycles. The Kier molecular flexibility index (Phi) is 3.77. The molecule has 0 radical (unpaired) electrons. The zero-order valence-electron chi connectivity index (χ0n) is 10.1. The zero-order chi connectivity index (χ0) is 11.4. The van der Waals surface area contributed by atoms with Gasteiger partial charge in [-0.1, -0.05) is 19.0 Å². The first-order valence-corrected chi connectivity index (χ1v) is 6.06. The maximum absolute atomic E-state index is 5.24. The van der Waals surface area contributed by atoms with Crippen LogP contribution in [0.4, 0.5) is 6.01 Å². The molecule has 0 amide bonds. The molecule has 16 heavy (non-hydrogen) atoms. The summed E-state index contributed by atoms with van der Waals surface area (Å²) < 4.78 is 5.24. The molecule has 5 heteroatoms. The van der Waals surface area contributed by atoms with Crippen LogP contribution < -0.4 is 10.2 Å². The van der Waals surface area contributed by atoms with Crippen LogP contribution in [0, 0.1) is 0 Å². The number of hydrogen-bond acceptors (Lipinski definition) is 5. The molecule has 90 valence electrons. The molecule has 1 N–H and O–H groups in total. The van der Waals surface area contributed by atoms with Gasteiger partial charge in [0.15, 0.2) is 5.82 Å². The molecule has 5 nitrogen and oxygen atoms in total. The second kappa shape index (κ2) is 5.30. The highest BCUT2D eigenvalue weighted by Crippen LogP contribution is 2.17. The molecule has 0 bridgehead atoms. The third-order valence-electron chi connectivity index (χ3n) is 2.74. The van der Waals surface area contributed by atoms with E-state index in [9.17, 15) is 0 Å². The van der Waals surface area contributed by atoms with E-state index >= 15 is 0 Å². The molecule has 1 aromatic rings. The van der Waals surface area contributed by atoms with E-state index in [1.807, 2.05) is 0 Å². The lowest BCUT2D eigenvalue weighted by Gasteiger charge is -2.09. The summed E-state index contributed by atoms with van der Waals surface area (Å²) in [5, 5.41) is 7.33. The van der Waals surface area contributed by atoms with Gasteiger partial charge in [-0.15, -0.1) is 0 Å². The van der Waals surface area contributed by atoms with Crippen LogP contribution in [0.25, 0.3) is 0 Å². The molecule has 1 aromatic heterocycles. The van der Waals surface area contributed by atoms with Gasteiger partial charge in [0, 0.05) is 32.1 Å². The van der Waals surface area contributed by atoms with Crippen molar-refractivity contribution < 1.29 is 4.52 Å². The van der Waals surface area contributed by atoms with Gasteiger partial charge < -0.3 is 14.7 Å². The van der Waals surface area contributed by atoms with Crippen LogP contribution in [-0.2, 0) is 6.42 Å². The third-order valence-corrected chi connectivity index (χ3v) is 2.74. The van der Waals surface area contributed by atoms with E-state index in [0.29, 0.717) is 12.1 Å². The monoisotopic (exact) mass is 224 g/mol. The molecule has 2 rings (SSSR count). The predicted octanol–water partition coefficient (Wildman–Crippen LogP) is 1.21. The number of nitrogens with zero attached hydrogens (tertiary/aromatic N) is 3. The Labute approximate surface area is 96.2 Å². The second-order valence-corrected chi connectivity index (χ2v) is 4.55. The van der Waals surface area contributed by atoms with Crippen molar-refractivity contribution >= 4 is 6.01 Å². The van der Waals surface area contributed by atoms with Gasteiger partial charge in [-0.25, -0.2) is 0 Å². The fourth-order valence-corrected chi connectivity index (χ4v) is 1.86. The summed E-state index contributed by atoms with van der Waals surface area (Å²) in [6, 6.07) is 1.20. The fourth-order valence-electron chi connectivity index (χ4n) is 1.86. The maximum atomic E-state index is 5.24. The number of anilines is 1. The first-order valence-electron chi connectivity index (χ1n) is 6.06. The molecule has 0 aromatic carbocycles. The lowest BCUT2D eigenvalue weighted by atomic mass is 10.3. The Morgan fingerprint density at radius 1 is 1.38 bits per heavy atom. The van der Waals surface area contributed by atoms with Crippen LogP contribution in [0.2, 0.25) is 0 Å². The summed E-state index contributed by atoms with van der Waals surface area (Å²) in [7, 11) is 0. The normalized spacial score (nSPS) is 16.3. The molecule has 1 aliphatic rings. The van der Waals surface area contributed by atoms with Crippen molar-refractivity contribution in [2.75, 3.05) is 24.5 Å². The van der Waals surface area contributed by atoms with E-state index < -0.39 is 0 Å². The van der Waals surface area contributed by atoms with Gasteiger partial charge in [-0.2, -0.15) is 4.98 Å². The summed E-state index contributed by atoms with van der Waals surface area (Å²) in [6.07, 6.45) is 3.29. The van der Waals surface area contributed by atoms with Crippen LogP contribution in [0.3, 0.4) is 0 Å². The minimum atomic E-state index is 0.505. The summed E-state index contributed by atoms with van der Waals surface area (Å²) in [5.41, 5.74) is 0. The number of nitrogens with one attached hydrogen (secondary N) is 1. The Bertz CT molecular complexity index is 318.